The van der Waals surface area contributed by atoms with Crippen LogP contribution in [0.25, 0.3) is 66.4 Å². The fraction of sp³-hybridized carbons (Fsp3) is 0.278. The highest BCUT2D eigenvalue weighted by Crippen LogP contribution is 2.30. The Balaban J connectivity index is 1.60. The minimum Gasteiger partial charge on any atom is -0.340 e. The van der Waals surface area contributed by atoms with Crippen LogP contribution in [0.15, 0.2) is 82.9 Å². The van der Waals surface area contributed by atoms with Gasteiger partial charge in [0.2, 0.25) is 0 Å². The Morgan fingerprint density at radius 1 is 0.568 bits per heavy atom. The van der Waals surface area contributed by atoms with Gasteiger partial charge in [-0.25, -0.2) is 9.97 Å². The van der Waals surface area contributed by atoms with Crippen LogP contribution in [0.2, 0.25) is 0 Å². The molecule has 0 aliphatic heterocycles. The summed E-state index contributed by atoms with van der Waals surface area (Å²) in [7, 11) is 3.90. The van der Waals surface area contributed by atoms with E-state index in [0.717, 1.165) is 44.8 Å². The van der Waals surface area contributed by atoms with Crippen molar-refractivity contribution < 1.29 is 0 Å². The predicted molar refractivity (Wildman–Crippen MR) is 179 cm³/mol. The van der Waals surface area contributed by atoms with Crippen molar-refractivity contribution in [2.24, 2.45) is 25.9 Å². The predicted octanol–water partition coefficient (Wildman–Crippen LogP) is 6.74. The molecule has 0 aliphatic carbocycles. The molecule has 0 saturated carbocycles. The maximum Gasteiger partial charge on any atom is 0.197 e. The number of imidazole rings is 2. The summed E-state index contributed by atoms with van der Waals surface area (Å²) in [6.07, 6.45) is 7.34. The number of benzene rings is 3. The highest BCUT2D eigenvalue weighted by Gasteiger charge is 2.19. The molecule has 0 spiro atoms. The molecule has 0 aliphatic rings. The molecule has 0 bridgehead atoms. The third-order valence-corrected chi connectivity index (χ3v) is 8.50. The largest absolute Gasteiger partial charge is 0.340 e. The van der Waals surface area contributed by atoms with E-state index in [-0.39, 0.29) is 10.9 Å². The van der Waals surface area contributed by atoms with Crippen LogP contribution in [-0.2, 0) is 27.2 Å². The van der Waals surface area contributed by atoms with Crippen LogP contribution in [-0.4, -0.2) is 28.2 Å². The molecule has 44 heavy (non-hydrogen) atoms. The molecule has 0 atom stereocenters. The van der Waals surface area contributed by atoms with Gasteiger partial charge < -0.3 is 18.3 Å². The SMILES string of the molecule is CC(C)Cn1c2ccc(-c3nccn3C)cc2c(=O)c2cc3c(cc21)c(=O)c1cc(-c2nccn2C)ccc1n3CC(C)C. The second-order valence-electron chi connectivity index (χ2n) is 12.7. The Bertz CT molecular complexity index is 2200. The molecule has 0 unspecified atom stereocenters. The zero-order chi connectivity index (χ0) is 30.9. The van der Waals surface area contributed by atoms with Gasteiger partial charge in [-0.1, -0.05) is 27.7 Å². The van der Waals surface area contributed by atoms with Gasteiger partial charge in [0.15, 0.2) is 10.9 Å². The highest BCUT2D eigenvalue weighted by molar-refractivity contribution is 6.04. The molecular weight excluding hydrogens is 548 g/mol. The number of nitrogens with zero attached hydrogens (tertiary/aromatic N) is 6. The van der Waals surface area contributed by atoms with Gasteiger partial charge in [0.1, 0.15) is 11.6 Å². The Kier molecular flexibility index (Phi) is 6.53. The van der Waals surface area contributed by atoms with Crippen molar-refractivity contribution in [1.82, 2.24) is 28.2 Å². The van der Waals surface area contributed by atoms with Crippen molar-refractivity contribution >= 4 is 43.6 Å². The van der Waals surface area contributed by atoms with Crippen LogP contribution in [0.3, 0.4) is 0 Å². The number of hydrogen-bond donors (Lipinski definition) is 0. The Hall–Kier alpha value is -4.98. The van der Waals surface area contributed by atoms with Gasteiger partial charge in [-0.15, -0.1) is 0 Å². The smallest absolute Gasteiger partial charge is 0.197 e. The lowest BCUT2D eigenvalue weighted by molar-refractivity contribution is 0.543. The number of pyridine rings is 2. The Labute approximate surface area is 254 Å². The maximum atomic E-state index is 14.3. The molecule has 0 N–H and O–H groups in total. The maximum absolute atomic E-state index is 14.3. The van der Waals surface area contributed by atoms with Crippen LogP contribution < -0.4 is 10.9 Å². The summed E-state index contributed by atoms with van der Waals surface area (Å²) < 4.78 is 8.33. The molecule has 0 radical (unpaired) electrons. The lowest BCUT2D eigenvalue weighted by atomic mass is 10.0. The minimum absolute atomic E-state index is 0.0401. The second kappa shape index (κ2) is 10.3. The fourth-order valence-electron chi connectivity index (χ4n) is 6.53. The monoisotopic (exact) mass is 584 g/mol. The third kappa shape index (κ3) is 4.35. The van der Waals surface area contributed by atoms with Gasteiger partial charge >= 0.3 is 0 Å². The molecule has 0 saturated heterocycles. The van der Waals surface area contributed by atoms with Crippen molar-refractivity contribution in [3.8, 4) is 22.8 Å². The number of rotatable bonds is 6. The van der Waals surface area contributed by atoms with Crippen LogP contribution in [0.1, 0.15) is 27.7 Å². The summed E-state index contributed by atoms with van der Waals surface area (Å²) >= 11 is 0. The number of fused-ring (bicyclic) bond motifs is 4. The zero-order valence-corrected chi connectivity index (χ0v) is 26.0. The molecule has 3 aromatic carbocycles. The molecule has 7 aromatic rings. The van der Waals surface area contributed by atoms with E-state index in [2.05, 4.69) is 46.8 Å². The van der Waals surface area contributed by atoms with Crippen molar-refractivity contribution in [2.75, 3.05) is 0 Å². The second-order valence-corrected chi connectivity index (χ2v) is 12.7. The van der Waals surface area contributed by atoms with Crippen LogP contribution in [0, 0.1) is 11.8 Å². The van der Waals surface area contributed by atoms with Crippen molar-refractivity contribution in [2.45, 2.75) is 40.8 Å². The van der Waals surface area contributed by atoms with Gasteiger partial charge in [0.25, 0.3) is 0 Å². The van der Waals surface area contributed by atoms with E-state index in [1.54, 1.807) is 12.4 Å². The molecule has 4 aromatic heterocycles. The third-order valence-electron chi connectivity index (χ3n) is 8.50. The van der Waals surface area contributed by atoms with Crippen LogP contribution >= 0.6 is 0 Å². The number of hydrogen-bond acceptors (Lipinski definition) is 4. The fourth-order valence-corrected chi connectivity index (χ4v) is 6.53. The normalized spacial score (nSPS) is 12.2. The molecule has 0 fully saturated rings. The Morgan fingerprint density at radius 3 is 1.30 bits per heavy atom. The number of aryl methyl sites for hydroxylation is 2. The van der Waals surface area contributed by atoms with Gasteiger partial charge in [-0.05, 0) is 60.4 Å². The lowest BCUT2D eigenvalue weighted by Gasteiger charge is -2.21. The quantitative estimate of drug-likeness (QED) is 0.203. The van der Waals surface area contributed by atoms with Gasteiger partial charge in [0, 0.05) is 84.6 Å². The van der Waals surface area contributed by atoms with Gasteiger partial charge in [-0.2, -0.15) is 0 Å². The first-order valence-corrected chi connectivity index (χ1v) is 15.2. The topological polar surface area (TPSA) is 79.6 Å². The van der Waals surface area contributed by atoms with E-state index in [0.29, 0.717) is 46.5 Å². The van der Waals surface area contributed by atoms with Crippen LogP contribution in [0.4, 0.5) is 0 Å². The van der Waals surface area contributed by atoms with Gasteiger partial charge in [0.05, 0.1) is 22.1 Å². The average Bonchev–Trinajstić information content (AvgIpc) is 3.63. The first kappa shape index (κ1) is 27.8. The first-order chi connectivity index (χ1) is 21.1. The Morgan fingerprint density at radius 2 is 0.955 bits per heavy atom. The van der Waals surface area contributed by atoms with Crippen molar-refractivity contribution in [1.29, 1.82) is 0 Å². The summed E-state index contributed by atoms with van der Waals surface area (Å²) in [6, 6.07) is 15.9. The zero-order valence-electron chi connectivity index (χ0n) is 26.0. The molecule has 8 heteroatoms. The minimum atomic E-state index is -0.0401. The van der Waals surface area contributed by atoms with Crippen molar-refractivity contribution in [3.63, 3.8) is 0 Å². The van der Waals surface area contributed by atoms with Crippen molar-refractivity contribution in [3.05, 3.63) is 93.8 Å². The van der Waals surface area contributed by atoms with Crippen LogP contribution in [0.5, 0.6) is 0 Å². The van der Waals surface area contributed by atoms with E-state index in [9.17, 15) is 9.59 Å². The highest BCUT2D eigenvalue weighted by atomic mass is 16.1. The molecular formula is C36H36N6O2. The molecule has 4 heterocycles. The molecule has 0 amide bonds. The van der Waals surface area contributed by atoms with E-state index >= 15 is 0 Å². The summed E-state index contributed by atoms with van der Waals surface area (Å²) in [4.78, 5) is 37.7. The standard InChI is InChI=1S/C36H36N6O2/c1-21(2)19-41-29-9-7-23(35-37-11-13-39(35)5)15-25(29)33(43)27-18-32-28(17-31(27)41)34(44)26-16-24(36-38-12-14-40(36)6)8-10-30(26)42(32)20-22(3)4/h7-18,21-22H,19-20H2,1-6H3. The molecule has 7 rings (SSSR count). The van der Waals surface area contributed by atoms with E-state index in [1.165, 1.54) is 0 Å². The summed E-state index contributed by atoms with van der Waals surface area (Å²) in [5, 5.41) is 2.53. The lowest BCUT2D eigenvalue weighted by Crippen LogP contribution is -2.18. The van der Waals surface area contributed by atoms with E-state index in [1.807, 2.05) is 84.2 Å². The van der Waals surface area contributed by atoms with Gasteiger partial charge in [-0.3, -0.25) is 9.59 Å². The van der Waals surface area contributed by atoms with E-state index in [4.69, 9.17) is 0 Å². The molecule has 8 nitrogen and oxygen atoms in total. The average molecular weight is 585 g/mol. The summed E-state index contributed by atoms with van der Waals surface area (Å²) in [6.45, 7) is 10.1. The number of aromatic nitrogens is 6. The summed E-state index contributed by atoms with van der Waals surface area (Å²) in [5.74, 6) is 2.26. The molecule has 222 valence electrons. The first-order valence-electron chi connectivity index (χ1n) is 15.2. The summed E-state index contributed by atoms with van der Waals surface area (Å²) in [5.41, 5.74) is 4.97. The van der Waals surface area contributed by atoms with E-state index < -0.39 is 0 Å².